The minimum Gasteiger partial charge on any atom is -0.454 e. The van der Waals surface area contributed by atoms with Crippen molar-refractivity contribution < 1.29 is 14.4 Å². The second-order valence-corrected chi connectivity index (χ2v) is 5.97. The Morgan fingerprint density at radius 1 is 1.31 bits per heavy atom. The summed E-state index contributed by atoms with van der Waals surface area (Å²) in [5.41, 5.74) is 0.787. The molecule has 0 aliphatic carbocycles. The molecule has 0 bridgehead atoms. The molecule has 0 saturated heterocycles. The number of nitrogens with one attached hydrogen (secondary N) is 1. The smallest absolute Gasteiger partial charge is 0.353 e. The number of rotatable bonds is 8. The number of hydrogen-bond acceptors (Lipinski definition) is 8. The fourth-order valence-corrected chi connectivity index (χ4v) is 2.68. The molecular formula is C17H21N5O4. The molecule has 1 aromatic carbocycles. The Bertz CT molecular complexity index is 799. The molecule has 1 aromatic heterocycles. The summed E-state index contributed by atoms with van der Waals surface area (Å²) < 4.78 is 10.6. The fourth-order valence-electron chi connectivity index (χ4n) is 2.68. The summed E-state index contributed by atoms with van der Waals surface area (Å²) in [4.78, 5) is 21.1. The first-order valence-corrected chi connectivity index (χ1v) is 8.43. The standard InChI is InChI=1S/C17H21N5O4/c1-3-4-7-21(2)17-15(22(23)24)16(19-10-20-17)18-9-12-5-6-13-14(8-12)26-11-25-13/h5-6,8,10H,3-4,7,9,11H2,1-2H3,(H,18,19,20). The van der Waals surface area contributed by atoms with Gasteiger partial charge in [0, 0.05) is 20.1 Å². The summed E-state index contributed by atoms with van der Waals surface area (Å²) >= 11 is 0. The first kappa shape index (κ1) is 17.7. The number of hydrogen-bond donors (Lipinski definition) is 1. The molecular weight excluding hydrogens is 338 g/mol. The van der Waals surface area contributed by atoms with Crippen LogP contribution in [0.2, 0.25) is 0 Å². The number of unbranched alkanes of at least 4 members (excludes halogenated alkanes) is 1. The van der Waals surface area contributed by atoms with Gasteiger partial charge in [-0.1, -0.05) is 19.4 Å². The highest BCUT2D eigenvalue weighted by atomic mass is 16.7. The molecule has 0 spiro atoms. The molecule has 9 heteroatoms. The maximum Gasteiger partial charge on any atom is 0.353 e. The Labute approximate surface area is 151 Å². The van der Waals surface area contributed by atoms with Gasteiger partial charge >= 0.3 is 5.69 Å². The van der Waals surface area contributed by atoms with Crippen molar-refractivity contribution in [2.75, 3.05) is 30.6 Å². The van der Waals surface area contributed by atoms with E-state index < -0.39 is 4.92 Å². The van der Waals surface area contributed by atoms with E-state index in [1.54, 1.807) is 11.9 Å². The van der Waals surface area contributed by atoms with Crippen LogP contribution in [0.3, 0.4) is 0 Å². The largest absolute Gasteiger partial charge is 0.454 e. The summed E-state index contributed by atoms with van der Waals surface area (Å²) in [6.45, 7) is 3.33. The lowest BCUT2D eigenvalue weighted by Gasteiger charge is -2.18. The predicted molar refractivity (Wildman–Crippen MR) is 96.8 cm³/mol. The van der Waals surface area contributed by atoms with Crippen LogP contribution in [0.4, 0.5) is 17.3 Å². The summed E-state index contributed by atoms with van der Waals surface area (Å²) in [5.74, 6) is 1.87. The van der Waals surface area contributed by atoms with Crippen LogP contribution in [0.1, 0.15) is 25.3 Å². The monoisotopic (exact) mass is 359 g/mol. The van der Waals surface area contributed by atoms with Gasteiger partial charge in [-0.3, -0.25) is 10.1 Å². The van der Waals surface area contributed by atoms with Gasteiger partial charge < -0.3 is 19.7 Å². The van der Waals surface area contributed by atoms with Gasteiger partial charge in [0.2, 0.25) is 18.4 Å². The maximum absolute atomic E-state index is 11.6. The number of benzene rings is 1. The lowest BCUT2D eigenvalue weighted by Crippen LogP contribution is -2.21. The van der Waals surface area contributed by atoms with Crippen molar-refractivity contribution in [3.8, 4) is 11.5 Å². The maximum atomic E-state index is 11.6. The van der Waals surface area contributed by atoms with Crippen LogP contribution in [0.15, 0.2) is 24.5 Å². The zero-order chi connectivity index (χ0) is 18.5. The minimum absolute atomic E-state index is 0.119. The molecule has 1 N–H and O–H groups in total. The molecule has 0 unspecified atom stereocenters. The zero-order valence-electron chi connectivity index (χ0n) is 14.8. The van der Waals surface area contributed by atoms with Gasteiger partial charge in [-0.25, -0.2) is 9.97 Å². The van der Waals surface area contributed by atoms with Gasteiger partial charge in [-0.05, 0) is 24.1 Å². The number of aromatic nitrogens is 2. The van der Waals surface area contributed by atoms with Gasteiger partial charge in [0.05, 0.1) is 4.92 Å². The minimum atomic E-state index is -0.445. The van der Waals surface area contributed by atoms with E-state index in [0.717, 1.165) is 18.4 Å². The molecule has 2 aromatic rings. The summed E-state index contributed by atoms with van der Waals surface area (Å²) in [5, 5.41) is 14.6. The number of ether oxygens (including phenoxy) is 2. The van der Waals surface area contributed by atoms with E-state index in [9.17, 15) is 10.1 Å². The molecule has 0 saturated carbocycles. The number of fused-ring (bicyclic) bond motifs is 1. The average molecular weight is 359 g/mol. The third kappa shape index (κ3) is 3.76. The molecule has 138 valence electrons. The summed E-state index contributed by atoms with van der Waals surface area (Å²) in [6.07, 6.45) is 3.27. The van der Waals surface area contributed by atoms with Crippen molar-refractivity contribution in [3.63, 3.8) is 0 Å². The van der Waals surface area contributed by atoms with Gasteiger partial charge in [-0.15, -0.1) is 0 Å². The third-order valence-electron chi connectivity index (χ3n) is 4.09. The Morgan fingerprint density at radius 2 is 2.12 bits per heavy atom. The molecule has 26 heavy (non-hydrogen) atoms. The van der Waals surface area contributed by atoms with Crippen molar-refractivity contribution >= 4 is 17.3 Å². The Morgan fingerprint density at radius 3 is 2.88 bits per heavy atom. The van der Waals surface area contributed by atoms with Gasteiger partial charge in [0.25, 0.3) is 0 Å². The van der Waals surface area contributed by atoms with Crippen LogP contribution in [0, 0.1) is 10.1 Å². The van der Waals surface area contributed by atoms with Crippen molar-refractivity contribution in [2.24, 2.45) is 0 Å². The highest BCUT2D eigenvalue weighted by Crippen LogP contribution is 2.34. The van der Waals surface area contributed by atoms with Crippen LogP contribution in [-0.4, -0.2) is 35.3 Å². The molecule has 0 amide bonds. The van der Waals surface area contributed by atoms with E-state index in [1.807, 2.05) is 18.2 Å². The van der Waals surface area contributed by atoms with E-state index in [-0.39, 0.29) is 18.3 Å². The lowest BCUT2D eigenvalue weighted by atomic mass is 10.2. The van der Waals surface area contributed by atoms with Crippen LogP contribution >= 0.6 is 0 Å². The van der Waals surface area contributed by atoms with E-state index >= 15 is 0 Å². The van der Waals surface area contributed by atoms with Gasteiger partial charge in [0.15, 0.2) is 11.5 Å². The van der Waals surface area contributed by atoms with E-state index in [4.69, 9.17) is 9.47 Å². The topological polar surface area (TPSA) is 103 Å². The highest BCUT2D eigenvalue weighted by Gasteiger charge is 2.25. The van der Waals surface area contributed by atoms with Crippen LogP contribution in [0.5, 0.6) is 11.5 Å². The van der Waals surface area contributed by atoms with E-state index in [1.165, 1.54) is 6.33 Å². The quantitative estimate of drug-likeness (QED) is 0.567. The van der Waals surface area contributed by atoms with Crippen molar-refractivity contribution in [1.29, 1.82) is 0 Å². The van der Waals surface area contributed by atoms with Crippen molar-refractivity contribution in [2.45, 2.75) is 26.3 Å². The van der Waals surface area contributed by atoms with Crippen LogP contribution in [0.25, 0.3) is 0 Å². The second-order valence-electron chi connectivity index (χ2n) is 5.97. The summed E-state index contributed by atoms with van der Waals surface area (Å²) in [7, 11) is 1.80. The third-order valence-corrected chi connectivity index (χ3v) is 4.09. The van der Waals surface area contributed by atoms with E-state index in [0.29, 0.717) is 30.4 Å². The molecule has 9 nitrogen and oxygen atoms in total. The van der Waals surface area contributed by atoms with Crippen molar-refractivity contribution in [1.82, 2.24) is 9.97 Å². The Balaban J connectivity index is 1.79. The van der Waals surface area contributed by atoms with Crippen LogP contribution < -0.4 is 19.7 Å². The Kier molecular flexibility index (Phi) is 5.35. The molecule has 3 rings (SSSR count). The van der Waals surface area contributed by atoms with Gasteiger partial charge in [-0.2, -0.15) is 0 Å². The number of anilines is 2. The highest BCUT2D eigenvalue weighted by molar-refractivity contribution is 5.70. The number of nitrogens with zero attached hydrogens (tertiary/aromatic N) is 4. The average Bonchev–Trinajstić information content (AvgIpc) is 3.11. The van der Waals surface area contributed by atoms with Crippen molar-refractivity contribution in [3.05, 3.63) is 40.2 Å². The molecule has 0 fully saturated rings. The SMILES string of the molecule is CCCCN(C)c1ncnc(NCc2ccc3c(c2)OCO3)c1[N+](=O)[O-]. The molecule has 0 radical (unpaired) electrons. The lowest BCUT2D eigenvalue weighted by molar-refractivity contribution is -0.383. The molecule has 1 aliphatic rings. The zero-order valence-corrected chi connectivity index (χ0v) is 14.8. The normalized spacial score (nSPS) is 12.1. The molecule has 2 heterocycles. The molecule has 1 aliphatic heterocycles. The second kappa shape index (κ2) is 7.85. The predicted octanol–water partition coefficient (Wildman–Crippen LogP) is 2.96. The molecule has 0 atom stereocenters. The first-order chi connectivity index (χ1) is 12.6. The summed E-state index contributed by atoms with van der Waals surface area (Å²) in [6, 6.07) is 5.54. The van der Waals surface area contributed by atoms with Crippen LogP contribution in [-0.2, 0) is 6.54 Å². The number of nitro groups is 1. The first-order valence-electron chi connectivity index (χ1n) is 8.43. The van der Waals surface area contributed by atoms with Gasteiger partial charge in [0.1, 0.15) is 6.33 Å². The van der Waals surface area contributed by atoms with E-state index in [2.05, 4.69) is 22.2 Å². The Hall–Kier alpha value is -3.10. The fraction of sp³-hybridized carbons (Fsp3) is 0.412.